The average molecular weight is 666 g/mol. The van der Waals surface area contributed by atoms with Crippen LogP contribution in [0.4, 0.5) is 0 Å². The maximum Gasteiger partial charge on any atom is 0.262 e. The van der Waals surface area contributed by atoms with Crippen LogP contribution in [0.1, 0.15) is 68.1 Å². The van der Waals surface area contributed by atoms with Gasteiger partial charge in [0.1, 0.15) is 0 Å². The standard InChI is InChI=1S/C20H14Br4N2O4/c1-3-5-25-17(27)9-7-8-11(15(23)13(9)21)19(29)26(6-4-2)20(30)12(8)16(24)14(22)10(7)18(25)28/h3-6H2,1-2H3. The zero-order valence-electron chi connectivity index (χ0n) is 15.9. The third kappa shape index (κ3) is 2.76. The van der Waals surface area contributed by atoms with Gasteiger partial charge >= 0.3 is 0 Å². The molecule has 2 aromatic carbocycles. The Labute approximate surface area is 205 Å². The minimum atomic E-state index is -0.454. The molecule has 0 atom stereocenters. The molecule has 2 aliphatic heterocycles. The van der Waals surface area contributed by atoms with Crippen LogP contribution in [0.25, 0.3) is 10.8 Å². The monoisotopic (exact) mass is 662 g/mol. The molecule has 2 aliphatic rings. The van der Waals surface area contributed by atoms with Gasteiger partial charge in [0.05, 0.1) is 22.3 Å². The molecule has 0 aliphatic carbocycles. The summed E-state index contributed by atoms with van der Waals surface area (Å²) in [5.41, 5.74) is 1.07. The molecule has 2 aromatic rings. The van der Waals surface area contributed by atoms with E-state index in [1.54, 1.807) is 0 Å². The Balaban J connectivity index is 2.24. The second-order valence-corrected chi connectivity index (χ2v) is 10.2. The van der Waals surface area contributed by atoms with Gasteiger partial charge in [-0.15, -0.1) is 0 Å². The lowest BCUT2D eigenvalue weighted by Crippen LogP contribution is -2.44. The summed E-state index contributed by atoms with van der Waals surface area (Å²) in [6.07, 6.45) is 1.21. The predicted octanol–water partition coefficient (Wildman–Crippen LogP) is 5.90. The Morgan fingerprint density at radius 2 is 0.767 bits per heavy atom. The summed E-state index contributed by atoms with van der Waals surface area (Å²) in [4.78, 5) is 55.5. The number of nitrogens with zero attached hydrogens (tertiary/aromatic N) is 2. The van der Waals surface area contributed by atoms with Crippen LogP contribution in [0.5, 0.6) is 0 Å². The SMILES string of the molecule is CCCN1C(=O)c2c(Br)c(Br)c3c4c(c(Br)c(Br)c(c24)C1=O)C(=O)N(CCC)C3=O. The molecule has 0 aromatic heterocycles. The molecule has 0 spiro atoms. The number of hydrogen-bond acceptors (Lipinski definition) is 4. The maximum atomic E-state index is 13.3. The van der Waals surface area contributed by atoms with Crippen molar-refractivity contribution in [2.75, 3.05) is 13.1 Å². The van der Waals surface area contributed by atoms with E-state index in [1.807, 2.05) is 13.8 Å². The molecule has 2 heterocycles. The third-order valence-electron chi connectivity index (χ3n) is 5.24. The van der Waals surface area contributed by atoms with E-state index < -0.39 is 23.6 Å². The first-order valence-electron chi connectivity index (χ1n) is 9.26. The minimum Gasteiger partial charge on any atom is -0.274 e. The van der Waals surface area contributed by atoms with Gasteiger partial charge in [0.25, 0.3) is 23.6 Å². The zero-order valence-corrected chi connectivity index (χ0v) is 22.2. The highest BCUT2D eigenvalue weighted by molar-refractivity contribution is 9.13. The van der Waals surface area contributed by atoms with Crippen LogP contribution in [-0.4, -0.2) is 46.5 Å². The van der Waals surface area contributed by atoms with Crippen molar-refractivity contribution < 1.29 is 19.2 Å². The number of hydrogen-bond donors (Lipinski definition) is 0. The first-order valence-corrected chi connectivity index (χ1v) is 12.4. The molecular weight excluding hydrogens is 652 g/mol. The highest BCUT2D eigenvalue weighted by atomic mass is 79.9. The van der Waals surface area contributed by atoms with Crippen molar-refractivity contribution in [2.24, 2.45) is 0 Å². The van der Waals surface area contributed by atoms with Gasteiger partial charge in [-0.3, -0.25) is 29.0 Å². The summed E-state index contributed by atoms with van der Waals surface area (Å²) in [6, 6.07) is 0. The summed E-state index contributed by atoms with van der Waals surface area (Å²) in [5, 5.41) is 0.649. The molecule has 6 nitrogen and oxygen atoms in total. The van der Waals surface area contributed by atoms with E-state index in [2.05, 4.69) is 63.7 Å². The summed E-state index contributed by atoms with van der Waals surface area (Å²) in [7, 11) is 0. The van der Waals surface area contributed by atoms with Crippen LogP contribution >= 0.6 is 63.7 Å². The number of carbonyl (C=O) groups excluding carboxylic acids is 4. The molecule has 0 saturated carbocycles. The smallest absolute Gasteiger partial charge is 0.262 e. The van der Waals surface area contributed by atoms with E-state index >= 15 is 0 Å². The lowest BCUT2D eigenvalue weighted by Gasteiger charge is -2.34. The Morgan fingerprint density at radius 3 is 0.967 bits per heavy atom. The van der Waals surface area contributed by atoms with Gasteiger partial charge in [-0.1, -0.05) is 13.8 Å². The Hall–Kier alpha value is -1.10. The van der Waals surface area contributed by atoms with Crippen molar-refractivity contribution in [1.82, 2.24) is 9.80 Å². The van der Waals surface area contributed by atoms with Crippen LogP contribution < -0.4 is 0 Å². The number of rotatable bonds is 4. The number of amides is 4. The van der Waals surface area contributed by atoms with E-state index in [-0.39, 0.29) is 35.3 Å². The third-order valence-corrected chi connectivity index (χ3v) is 9.48. The molecule has 10 heteroatoms. The van der Waals surface area contributed by atoms with Crippen molar-refractivity contribution in [3.8, 4) is 0 Å². The van der Waals surface area contributed by atoms with Crippen LogP contribution in [0, 0.1) is 0 Å². The molecule has 0 unspecified atom stereocenters. The van der Waals surface area contributed by atoms with Gasteiger partial charge < -0.3 is 0 Å². The molecule has 0 fully saturated rings. The minimum absolute atomic E-state index is 0.262. The van der Waals surface area contributed by atoms with Gasteiger partial charge in [-0.2, -0.15) is 0 Å². The highest BCUT2D eigenvalue weighted by Crippen LogP contribution is 2.50. The Kier molecular flexibility index (Phi) is 5.74. The van der Waals surface area contributed by atoms with E-state index in [1.165, 1.54) is 9.80 Å². The lowest BCUT2D eigenvalue weighted by molar-refractivity contribution is 0.0587. The number of halogens is 4. The van der Waals surface area contributed by atoms with Gasteiger partial charge in [-0.25, -0.2) is 0 Å². The van der Waals surface area contributed by atoms with Gasteiger partial charge in [-0.05, 0) is 76.6 Å². The number of benzene rings is 2. The van der Waals surface area contributed by atoms with Crippen molar-refractivity contribution in [2.45, 2.75) is 26.7 Å². The Bertz CT molecular complexity index is 1030. The molecule has 30 heavy (non-hydrogen) atoms. The predicted molar refractivity (Wildman–Crippen MR) is 126 cm³/mol. The fraction of sp³-hybridized carbons (Fsp3) is 0.300. The van der Waals surface area contributed by atoms with Crippen LogP contribution in [0.15, 0.2) is 17.9 Å². The summed E-state index contributed by atoms with van der Waals surface area (Å²) in [5.74, 6) is -1.82. The van der Waals surface area contributed by atoms with Crippen molar-refractivity contribution in [1.29, 1.82) is 0 Å². The molecular formula is C20H14Br4N2O4. The van der Waals surface area contributed by atoms with E-state index in [9.17, 15) is 19.2 Å². The highest BCUT2D eigenvalue weighted by Gasteiger charge is 2.44. The summed E-state index contributed by atoms with van der Waals surface area (Å²) < 4.78 is 1.57. The molecule has 0 N–H and O–H groups in total. The lowest BCUT2D eigenvalue weighted by atomic mass is 9.85. The molecule has 0 saturated heterocycles. The molecule has 0 bridgehead atoms. The summed E-state index contributed by atoms with van der Waals surface area (Å²) >= 11 is 13.9. The van der Waals surface area contributed by atoms with Gasteiger partial charge in [0.2, 0.25) is 0 Å². The fourth-order valence-corrected chi connectivity index (χ4v) is 6.27. The fourth-order valence-electron chi connectivity index (χ4n) is 4.01. The second-order valence-electron chi connectivity index (χ2n) is 7.03. The molecule has 156 valence electrons. The quantitative estimate of drug-likeness (QED) is 0.382. The van der Waals surface area contributed by atoms with E-state index in [0.29, 0.717) is 41.5 Å². The van der Waals surface area contributed by atoms with E-state index in [0.717, 1.165) is 0 Å². The summed E-state index contributed by atoms with van der Waals surface area (Å²) in [6.45, 7) is 4.29. The maximum absolute atomic E-state index is 13.3. The van der Waals surface area contributed by atoms with Crippen LogP contribution in [0.2, 0.25) is 0 Å². The molecule has 4 rings (SSSR count). The van der Waals surface area contributed by atoms with Crippen LogP contribution in [0.3, 0.4) is 0 Å². The van der Waals surface area contributed by atoms with E-state index in [4.69, 9.17) is 0 Å². The Morgan fingerprint density at radius 1 is 0.533 bits per heavy atom. The number of carbonyl (C=O) groups is 4. The number of imide groups is 2. The van der Waals surface area contributed by atoms with Gasteiger partial charge in [0, 0.05) is 41.8 Å². The topological polar surface area (TPSA) is 74.8 Å². The van der Waals surface area contributed by atoms with Crippen molar-refractivity contribution >= 4 is 98.1 Å². The van der Waals surface area contributed by atoms with Crippen LogP contribution in [-0.2, 0) is 0 Å². The van der Waals surface area contributed by atoms with Crippen molar-refractivity contribution in [3.63, 3.8) is 0 Å². The van der Waals surface area contributed by atoms with Crippen molar-refractivity contribution in [3.05, 3.63) is 40.1 Å². The zero-order chi connectivity index (χ0) is 22.1. The molecule has 4 amide bonds. The molecule has 0 radical (unpaired) electrons. The normalized spacial score (nSPS) is 15.7. The second kappa shape index (κ2) is 7.79. The first kappa shape index (κ1) is 22.1. The first-order chi connectivity index (χ1) is 14.2. The van der Waals surface area contributed by atoms with Gasteiger partial charge in [0.15, 0.2) is 0 Å². The largest absolute Gasteiger partial charge is 0.274 e. The average Bonchev–Trinajstić information content (AvgIpc) is 2.70.